The fourth-order valence-corrected chi connectivity index (χ4v) is 2.51. The quantitative estimate of drug-likeness (QED) is 0.878. The van der Waals surface area contributed by atoms with E-state index in [2.05, 4.69) is 23.5 Å². The number of carbonyl (C=O) groups is 1. The van der Waals surface area contributed by atoms with E-state index in [-0.39, 0.29) is 0 Å². The molecule has 0 radical (unpaired) electrons. The van der Waals surface area contributed by atoms with Crippen LogP contribution in [-0.4, -0.2) is 11.1 Å². The van der Waals surface area contributed by atoms with Gasteiger partial charge in [0.1, 0.15) is 0 Å². The second-order valence-corrected chi connectivity index (χ2v) is 4.84. The van der Waals surface area contributed by atoms with Gasteiger partial charge in [0.2, 0.25) is 0 Å². The first-order valence-electron chi connectivity index (χ1n) is 6.44. The Morgan fingerprint density at radius 2 is 1.63 bits per heavy atom. The molecule has 0 atom stereocenters. The number of nitrogens with one attached hydrogen (secondary N) is 1. The fourth-order valence-electron chi connectivity index (χ4n) is 2.51. The zero-order chi connectivity index (χ0) is 13.2. The third kappa shape index (κ3) is 2.45. The molecule has 0 bridgehead atoms. The topological polar surface area (TPSA) is 49.3 Å². The summed E-state index contributed by atoms with van der Waals surface area (Å²) in [6.07, 6.45) is 3.58. The van der Waals surface area contributed by atoms with Gasteiger partial charge in [0, 0.05) is 11.4 Å². The number of aryl methyl sites for hydroxylation is 2. The van der Waals surface area contributed by atoms with Crippen molar-refractivity contribution in [1.29, 1.82) is 0 Å². The lowest BCUT2D eigenvalue weighted by Crippen LogP contribution is -1.97. The Morgan fingerprint density at radius 3 is 2.37 bits per heavy atom. The summed E-state index contributed by atoms with van der Waals surface area (Å²) in [6, 6.07) is 13.2. The highest BCUT2D eigenvalue weighted by Crippen LogP contribution is 2.26. The first kappa shape index (κ1) is 11.8. The highest BCUT2D eigenvalue weighted by atomic mass is 16.4. The van der Waals surface area contributed by atoms with Crippen molar-refractivity contribution in [3.05, 3.63) is 59.2 Å². The number of carboxylic acids is 1. The molecule has 0 saturated carbocycles. The minimum absolute atomic E-state index is 0.305. The third-order valence-electron chi connectivity index (χ3n) is 3.52. The van der Waals surface area contributed by atoms with E-state index in [1.807, 2.05) is 0 Å². The van der Waals surface area contributed by atoms with Gasteiger partial charge in [0.25, 0.3) is 0 Å². The van der Waals surface area contributed by atoms with Crippen LogP contribution in [0.25, 0.3) is 0 Å². The first-order valence-corrected chi connectivity index (χ1v) is 6.44. The van der Waals surface area contributed by atoms with Crippen LogP contribution in [-0.2, 0) is 12.8 Å². The summed E-state index contributed by atoms with van der Waals surface area (Å²) < 4.78 is 0. The van der Waals surface area contributed by atoms with E-state index in [0.717, 1.165) is 17.8 Å². The maximum absolute atomic E-state index is 10.8. The van der Waals surface area contributed by atoms with Crippen molar-refractivity contribution in [2.45, 2.75) is 19.3 Å². The van der Waals surface area contributed by atoms with Gasteiger partial charge in [-0.25, -0.2) is 4.79 Å². The number of rotatable bonds is 3. The van der Waals surface area contributed by atoms with Crippen molar-refractivity contribution in [2.24, 2.45) is 0 Å². The molecule has 1 aliphatic carbocycles. The Bertz CT molecular complexity index is 617. The number of aromatic carboxylic acids is 1. The lowest BCUT2D eigenvalue weighted by Gasteiger charge is -2.08. The highest BCUT2D eigenvalue weighted by molar-refractivity contribution is 5.88. The SMILES string of the molecule is O=C(O)c1ccc(Nc2ccc3c(c2)CCC3)cc1. The smallest absolute Gasteiger partial charge is 0.335 e. The van der Waals surface area contributed by atoms with Crippen molar-refractivity contribution in [3.8, 4) is 0 Å². The monoisotopic (exact) mass is 253 g/mol. The van der Waals surface area contributed by atoms with E-state index in [4.69, 9.17) is 5.11 Å². The maximum atomic E-state index is 10.8. The molecule has 0 aromatic heterocycles. The molecule has 3 rings (SSSR count). The molecular formula is C16H15NO2. The van der Waals surface area contributed by atoms with E-state index >= 15 is 0 Å². The molecule has 0 aliphatic heterocycles. The lowest BCUT2D eigenvalue weighted by atomic mass is 10.1. The predicted octanol–water partition coefficient (Wildman–Crippen LogP) is 3.62. The van der Waals surface area contributed by atoms with Crippen LogP contribution in [0.15, 0.2) is 42.5 Å². The van der Waals surface area contributed by atoms with E-state index in [1.165, 1.54) is 24.0 Å². The summed E-state index contributed by atoms with van der Waals surface area (Å²) in [5.41, 5.74) is 5.14. The molecule has 0 fully saturated rings. The van der Waals surface area contributed by atoms with Crippen LogP contribution in [0.5, 0.6) is 0 Å². The summed E-state index contributed by atoms with van der Waals surface area (Å²) in [5, 5.41) is 12.2. The number of hydrogen-bond donors (Lipinski definition) is 2. The number of carboxylic acid groups (broad SMARTS) is 1. The predicted molar refractivity (Wildman–Crippen MR) is 75.2 cm³/mol. The van der Waals surface area contributed by atoms with Gasteiger partial charge in [0.15, 0.2) is 0 Å². The summed E-state index contributed by atoms with van der Waals surface area (Å²) in [5.74, 6) is -0.899. The molecule has 2 aromatic carbocycles. The molecule has 1 aliphatic rings. The van der Waals surface area contributed by atoms with Crippen LogP contribution in [0.4, 0.5) is 11.4 Å². The zero-order valence-corrected chi connectivity index (χ0v) is 10.5. The van der Waals surface area contributed by atoms with Crippen LogP contribution < -0.4 is 5.32 Å². The van der Waals surface area contributed by atoms with Crippen LogP contribution in [0, 0.1) is 0 Å². The molecule has 0 heterocycles. The number of hydrogen-bond acceptors (Lipinski definition) is 2. The lowest BCUT2D eigenvalue weighted by molar-refractivity contribution is 0.0697. The molecule has 3 heteroatoms. The standard InChI is InChI=1S/C16H15NO2/c18-16(19)12-5-7-14(8-6-12)17-15-9-4-11-2-1-3-13(11)10-15/h4-10,17H,1-3H2,(H,18,19). The highest BCUT2D eigenvalue weighted by Gasteiger charge is 2.10. The minimum Gasteiger partial charge on any atom is -0.478 e. The van der Waals surface area contributed by atoms with Crippen LogP contribution in [0.3, 0.4) is 0 Å². The van der Waals surface area contributed by atoms with E-state index < -0.39 is 5.97 Å². The average Bonchev–Trinajstić information content (AvgIpc) is 2.87. The van der Waals surface area contributed by atoms with E-state index in [0.29, 0.717) is 5.56 Å². The fraction of sp³-hybridized carbons (Fsp3) is 0.188. The molecule has 0 saturated heterocycles. The average molecular weight is 253 g/mol. The van der Waals surface area contributed by atoms with Gasteiger partial charge in [-0.05, 0) is 66.8 Å². The number of anilines is 2. The summed E-state index contributed by atoms with van der Waals surface area (Å²) in [7, 11) is 0. The second kappa shape index (κ2) is 4.76. The normalized spacial score (nSPS) is 13.1. The largest absolute Gasteiger partial charge is 0.478 e. The third-order valence-corrected chi connectivity index (χ3v) is 3.52. The molecule has 0 unspecified atom stereocenters. The van der Waals surface area contributed by atoms with Gasteiger partial charge in [0.05, 0.1) is 5.56 Å². The Kier molecular flexibility index (Phi) is 2.95. The molecule has 19 heavy (non-hydrogen) atoms. The van der Waals surface area contributed by atoms with Crippen LogP contribution >= 0.6 is 0 Å². The van der Waals surface area contributed by atoms with Crippen LogP contribution in [0.2, 0.25) is 0 Å². The Morgan fingerprint density at radius 1 is 0.947 bits per heavy atom. The van der Waals surface area contributed by atoms with Gasteiger partial charge in [-0.2, -0.15) is 0 Å². The first-order chi connectivity index (χ1) is 9.22. The molecule has 2 N–H and O–H groups in total. The van der Waals surface area contributed by atoms with Crippen molar-refractivity contribution in [3.63, 3.8) is 0 Å². The van der Waals surface area contributed by atoms with Crippen molar-refractivity contribution >= 4 is 17.3 Å². The Hall–Kier alpha value is -2.29. The van der Waals surface area contributed by atoms with E-state index in [9.17, 15) is 4.79 Å². The molecule has 0 spiro atoms. The molecule has 96 valence electrons. The minimum atomic E-state index is -0.899. The Labute approximate surface area is 111 Å². The van der Waals surface area contributed by atoms with Gasteiger partial charge in [-0.3, -0.25) is 0 Å². The molecule has 2 aromatic rings. The molecule has 0 amide bonds. The number of fused-ring (bicyclic) bond motifs is 1. The van der Waals surface area contributed by atoms with E-state index in [1.54, 1.807) is 24.3 Å². The summed E-state index contributed by atoms with van der Waals surface area (Å²) in [6.45, 7) is 0. The zero-order valence-electron chi connectivity index (χ0n) is 10.5. The second-order valence-electron chi connectivity index (χ2n) is 4.84. The van der Waals surface area contributed by atoms with Crippen molar-refractivity contribution in [2.75, 3.05) is 5.32 Å². The summed E-state index contributed by atoms with van der Waals surface area (Å²) >= 11 is 0. The van der Waals surface area contributed by atoms with Crippen molar-refractivity contribution in [1.82, 2.24) is 0 Å². The maximum Gasteiger partial charge on any atom is 0.335 e. The van der Waals surface area contributed by atoms with Crippen molar-refractivity contribution < 1.29 is 9.90 Å². The van der Waals surface area contributed by atoms with Gasteiger partial charge >= 0.3 is 5.97 Å². The summed E-state index contributed by atoms with van der Waals surface area (Å²) in [4.78, 5) is 10.8. The molecular weight excluding hydrogens is 238 g/mol. The van der Waals surface area contributed by atoms with Gasteiger partial charge in [-0.15, -0.1) is 0 Å². The number of benzene rings is 2. The van der Waals surface area contributed by atoms with Gasteiger partial charge in [-0.1, -0.05) is 6.07 Å². The van der Waals surface area contributed by atoms with Crippen LogP contribution in [0.1, 0.15) is 27.9 Å². The Balaban J connectivity index is 1.79. The van der Waals surface area contributed by atoms with Gasteiger partial charge < -0.3 is 10.4 Å². The molecule has 3 nitrogen and oxygen atoms in total.